The zero-order chi connectivity index (χ0) is 20.5. The van der Waals surface area contributed by atoms with Crippen molar-refractivity contribution in [3.8, 4) is 0 Å². The first-order valence-corrected chi connectivity index (χ1v) is 10.2. The van der Waals surface area contributed by atoms with Crippen LogP contribution in [-0.2, 0) is 19.1 Å². The lowest BCUT2D eigenvalue weighted by Gasteiger charge is -2.46. The molecule has 7 heteroatoms. The van der Waals surface area contributed by atoms with Crippen molar-refractivity contribution in [2.45, 2.75) is 90.9 Å². The number of nitrogens with one attached hydrogen (secondary N) is 1. The molecule has 4 N–H and O–H groups in total. The van der Waals surface area contributed by atoms with Crippen LogP contribution in [0.2, 0.25) is 0 Å². The summed E-state index contributed by atoms with van der Waals surface area (Å²) in [4.78, 5) is 24.8. The summed E-state index contributed by atoms with van der Waals surface area (Å²) in [6, 6.07) is -1.04. The van der Waals surface area contributed by atoms with Gasteiger partial charge in [0.05, 0.1) is 18.2 Å². The normalized spacial score (nSPS) is 45.3. The Kier molecular flexibility index (Phi) is 7.27. The van der Waals surface area contributed by atoms with Crippen molar-refractivity contribution in [2.75, 3.05) is 0 Å². The minimum Gasteiger partial charge on any atom is -0.479 e. The predicted octanol–water partition coefficient (Wildman–Crippen LogP) is 1.78. The molecule has 0 bridgehead atoms. The molecule has 10 atom stereocenters. The van der Waals surface area contributed by atoms with Crippen molar-refractivity contribution in [3.63, 3.8) is 0 Å². The van der Waals surface area contributed by atoms with Gasteiger partial charge in [-0.05, 0) is 36.5 Å². The highest BCUT2D eigenvalue weighted by Gasteiger charge is 2.47. The fourth-order valence-corrected chi connectivity index (χ4v) is 4.54. The molecule has 0 saturated carbocycles. The first-order chi connectivity index (χ1) is 12.6. The van der Waals surface area contributed by atoms with Crippen LogP contribution in [0.5, 0.6) is 0 Å². The molecule has 0 spiro atoms. The fourth-order valence-electron chi connectivity index (χ4n) is 4.54. The van der Waals surface area contributed by atoms with Crippen LogP contribution in [0, 0.1) is 23.7 Å². The van der Waals surface area contributed by atoms with Crippen molar-refractivity contribution >= 4 is 11.9 Å². The second-order valence-corrected chi connectivity index (χ2v) is 8.39. The molecule has 0 aromatic rings. The smallest absolute Gasteiger partial charge is 0.335 e. The van der Waals surface area contributed by atoms with Gasteiger partial charge < -0.3 is 25.6 Å². The van der Waals surface area contributed by atoms with E-state index in [1.165, 1.54) is 0 Å². The van der Waals surface area contributed by atoms with Gasteiger partial charge in [0.25, 0.3) is 5.91 Å². The van der Waals surface area contributed by atoms with Crippen molar-refractivity contribution in [2.24, 2.45) is 29.4 Å². The molecule has 2 aliphatic rings. The average molecular weight is 385 g/mol. The minimum absolute atomic E-state index is 0.0331. The van der Waals surface area contributed by atoms with Gasteiger partial charge in [0.1, 0.15) is 0 Å². The standard InChI is InChI=1S/C20H36N2O5/c1-7-13-9(3)11(5)15(21)17(26-13)19(23)22-16-12(6)10(4)14(8-2)27-18(16)20(24)25/h9-18H,7-8,21H2,1-6H3,(H,22,23)(H,24,25)/t9-,10?,11?,12-,13?,14+,15+,16?,17?,18+/m0/s1. The summed E-state index contributed by atoms with van der Waals surface area (Å²) in [6.07, 6.45) is -0.467. The van der Waals surface area contributed by atoms with E-state index >= 15 is 0 Å². The molecule has 2 heterocycles. The first kappa shape index (κ1) is 22.1. The molecular formula is C20H36N2O5. The number of amides is 1. The number of rotatable bonds is 5. The van der Waals surface area contributed by atoms with Gasteiger partial charge in [-0.3, -0.25) is 4.79 Å². The van der Waals surface area contributed by atoms with Crippen molar-refractivity contribution in [1.82, 2.24) is 5.32 Å². The first-order valence-electron chi connectivity index (χ1n) is 10.2. The van der Waals surface area contributed by atoms with E-state index in [0.29, 0.717) is 0 Å². The molecule has 27 heavy (non-hydrogen) atoms. The molecule has 1 amide bonds. The Morgan fingerprint density at radius 3 is 1.85 bits per heavy atom. The number of ether oxygens (including phenoxy) is 2. The van der Waals surface area contributed by atoms with Crippen LogP contribution in [0.25, 0.3) is 0 Å². The maximum absolute atomic E-state index is 13.0. The number of aliphatic carboxylic acids is 1. The quantitative estimate of drug-likeness (QED) is 0.666. The highest BCUT2D eigenvalue weighted by Crippen LogP contribution is 2.34. The Labute approximate surface area is 162 Å². The lowest BCUT2D eigenvalue weighted by atomic mass is 9.77. The molecule has 2 aliphatic heterocycles. The van der Waals surface area contributed by atoms with E-state index in [4.69, 9.17) is 15.2 Å². The highest BCUT2D eigenvalue weighted by molar-refractivity contribution is 5.83. The molecule has 5 unspecified atom stereocenters. The van der Waals surface area contributed by atoms with Gasteiger partial charge in [-0.1, -0.05) is 41.5 Å². The molecule has 156 valence electrons. The van der Waals surface area contributed by atoms with Gasteiger partial charge in [0.15, 0.2) is 12.2 Å². The van der Waals surface area contributed by atoms with Gasteiger partial charge in [-0.25, -0.2) is 4.79 Å². The van der Waals surface area contributed by atoms with Crippen LogP contribution >= 0.6 is 0 Å². The topological polar surface area (TPSA) is 111 Å². The summed E-state index contributed by atoms with van der Waals surface area (Å²) < 4.78 is 11.8. The summed E-state index contributed by atoms with van der Waals surface area (Å²) in [7, 11) is 0. The third-order valence-corrected chi connectivity index (χ3v) is 6.94. The van der Waals surface area contributed by atoms with Gasteiger partial charge >= 0.3 is 5.97 Å². The van der Waals surface area contributed by atoms with Crippen LogP contribution in [0.15, 0.2) is 0 Å². The van der Waals surface area contributed by atoms with E-state index in [2.05, 4.69) is 12.2 Å². The highest BCUT2D eigenvalue weighted by atomic mass is 16.5. The van der Waals surface area contributed by atoms with Crippen molar-refractivity contribution in [3.05, 3.63) is 0 Å². The third-order valence-electron chi connectivity index (χ3n) is 6.94. The zero-order valence-electron chi connectivity index (χ0n) is 17.3. The van der Waals surface area contributed by atoms with Gasteiger partial charge in [-0.15, -0.1) is 0 Å². The van der Waals surface area contributed by atoms with Crippen LogP contribution in [0.1, 0.15) is 54.4 Å². The SMILES string of the molecule is CCC1OC(C(=O)NC2[C@@H](C)C(C)[C@@H](CC)O[C@H]2C(=O)O)[C@H](N)C(C)[C@@H]1C. The van der Waals surface area contributed by atoms with Crippen LogP contribution in [-0.4, -0.2) is 53.5 Å². The monoisotopic (exact) mass is 384 g/mol. The molecule has 0 aliphatic carbocycles. The van der Waals surface area contributed by atoms with E-state index in [1.54, 1.807) is 0 Å². The summed E-state index contributed by atoms with van der Waals surface area (Å²) in [5.41, 5.74) is 6.30. The van der Waals surface area contributed by atoms with Crippen molar-refractivity contribution < 1.29 is 24.2 Å². The Balaban J connectivity index is 2.17. The number of hydrogen-bond donors (Lipinski definition) is 3. The second kappa shape index (κ2) is 8.88. The largest absolute Gasteiger partial charge is 0.479 e. The van der Waals surface area contributed by atoms with Crippen LogP contribution in [0.4, 0.5) is 0 Å². The maximum Gasteiger partial charge on any atom is 0.335 e. The average Bonchev–Trinajstić information content (AvgIpc) is 2.63. The Morgan fingerprint density at radius 2 is 1.37 bits per heavy atom. The lowest BCUT2D eigenvalue weighted by molar-refractivity contribution is -0.178. The summed E-state index contributed by atoms with van der Waals surface area (Å²) >= 11 is 0. The molecule has 0 radical (unpaired) electrons. The third kappa shape index (κ3) is 4.30. The maximum atomic E-state index is 13.0. The van der Waals surface area contributed by atoms with Crippen LogP contribution < -0.4 is 11.1 Å². The molecule has 2 rings (SSSR count). The predicted molar refractivity (Wildman–Crippen MR) is 102 cm³/mol. The number of carbonyl (C=O) groups excluding carboxylic acids is 1. The molecule has 0 aromatic carbocycles. The number of carbonyl (C=O) groups is 2. The lowest BCUT2D eigenvalue weighted by Crippen LogP contribution is -2.64. The number of carboxylic acid groups (broad SMARTS) is 1. The Morgan fingerprint density at radius 1 is 0.889 bits per heavy atom. The molecule has 0 aromatic heterocycles. The summed E-state index contributed by atoms with van der Waals surface area (Å²) in [5, 5.41) is 12.5. The Bertz CT molecular complexity index is 540. The molecule has 7 nitrogen and oxygen atoms in total. The fraction of sp³-hybridized carbons (Fsp3) is 0.900. The van der Waals surface area contributed by atoms with Gasteiger partial charge in [0, 0.05) is 6.04 Å². The molecule has 2 fully saturated rings. The van der Waals surface area contributed by atoms with E-state index < -0.39 is 30.3 Å². The van der Waals surface area contributed by atoms with E-state index in [9.17, 15) is 14.7 Å². The van der Waals surface area contributed by atoms with Crippen molar-refractivity contribution in [1.29, 1.82) is 0 Å². The van der Waals surface area contributed by atoms with Crippen LogP contribution in [0.3, 0.4) is 0 Å². The van der Waals surface area contributed by atoms with E-state index in [-0.39, 0.29) is 41.8 Å². The van der Waals surface area contributed by atoms with Gasteiger partial charge in [-0.2, -0.15) is 0 Å². The number of nitrogens with two attached hydrogens (primary N) is 1. The number of hydrogen-bond acceptors (Lipinski definition) is 5. The molecule has 2 saturated heterocycles. The zero-order valence-corrected chi connectivity index (χ0v) is 17.3. The van der Waals surface area contributed by atoms with E-state index in [0.717, 1.165) is 12.8 Å². The minimum atomic E-state index is -1.07. The van der Waals surface area contributed by atoms with Gasteiger partial charge in [0.2, 0.25) is 0 Å². The molecular weight excluding hydrogens is 348 g/mol. The Hall–Kier alpha value is -1.18. The second-order valence-electron chi connectivity index (χ2n) is 8.39. The van der Waals surface area contributed by atoms with E-state index in [1.807, 2.05) is 34.6 Å². The summed E-state index contributed by atoms with van der Waals surface area (Å²) in [6.45, 7) is 12.2. The summed E-state index contributed by atoms with van der Waals surface area (Å²) in [5.74, 6) is -0.888. The number of carboxylic acids is 1.